The molecule has 0 bridgehead atoms. The van der Waals surface area contributed by atoms with Crippen molar-refractivity contribution in [3.8, 4) is 33.4 Å². The van der Waals surface area contributed by atoms with Crippen molar-refractivity contribution in [1.82, 2.24) is 0 Å². The first-order chi connectivity index (χ1) is 22.8. The molecule has 0 atom stereocenters. The maximum atomic E-state index is 6.97. The number of benzene rings is 8. The van der Waals surface area contributed by atoms with E-state index in [4.69, 9.17) is 8.83 Å². The van der Waals surface area contributed by atoms with Crippen molar-refractivity contribution >= 4 is 65.2 Å². The van der Waals surface area contributed by atoms with Crippen LogP contribution < -0.4 is 0 Å². The molecule has 2 heteroatoms. The Labute approximate surface area is 264 Å². The first-order valence-electron chi connectivity index (χ1n) is 15.7. The van der Waals surface area contributed by atoms with Crippen LogP contribution in [0, 0.1) is 0 Å². The summed E-state index contributed by atoms with van der Waals surface area (Å²) in [5, 5.41) is 10.5. The average Bonchev–Trinajstić information content (AvgIpc) is 3.73. The van der Waals surface area contributed by atoms with Gasteiger partial charge in [-0.25, -0.2) is 0 Å². The third kappa shape index (κ3) is 3.59. The van der Waals surface area contributed by atoms with Gasteiger partial charge in [-0.2, -0.15) is 0 Å². The molecule has 0 saturated heterocycles. The lowest BCUT2D eigenvalue weighted by Gasteiger charge is -2.18. The maximum Gasteiger partial charge on any atom is 0.147 e. The van der Waals surface area contributed by atoms with E-state index in [1.807, 2.05) is 12.3 Å². The van der Waals surface area contributed by atoms with Crippen LogP contribution in [0.25, 0.3) is 98.6 Å². The smallest absolute Gasteiger partial charge is 0.147 e. The molecular weight excluding hydrogens is 560 g/mol. The van der Waals surface area contributed by atoms with Gasteiger partial charge in [0.15, 0.2) is 0 Å². The first kappa shape index (κ1) is 25.2. The Balaban J connectivity index is 1.30. The number of furan rings is 2. The lowest BCUT2D eigenvalue weighted by Crippen LogP contribution is -1.91. The fraction of sp³-hybridized carbons (Fsp3) is 0. The van der Waals surface area contributed by atoms with Crippen molar-refractivity contribution in [2.24, 2.45) is 0 Å². The van der Waals surface area contributed by atoms with Crippen LogP contribution >= 0.6 is 0 Å². The molecule has 0 aliphatic carbocycles. The fourth-order valence-corrected chi connectivity index (χ4v) is 7.48. The molecule has 2 heterocycles. The summed E-state index contributed by atoms with van der Waals surface area (Å²) >= 11 is 0. The molecule has 0 aliphatic heterocycles. The van der Waals surface area contributed by atoms with E-state index in [1.54, 1.807) is 0 Å². The van der Waals surface area contributed by atoms with Gasteiger partial charge < -0.3 is 8.83 Å². The van der Waals surface area contributed by atoms with E-state index in [0.717, 1.165) is 49.6 Å². The number of fused-ring (bicyclic) bond motifs is 8. The highest BCUT2D eigenvalue weighted by Gasteiger charge is 2.22. The average molecular weight is 587 g/mol. The Morgan fingerprint density at radius 1 is 0.370 bits per heavy atom. The SMILES string of the molecule is c1ccc(-c2coc3ccc4c5cccc(-c6c7ccccc7c(-c7ccc8ccccc8c7)c7ccccc67)c5oc4c23)cc1. The van der Waals surface area contributed by atoms with Crippen molar-refractivity contribution < 1.29 is 8.83 Å². The second-order valence-corrected chi connectivity index (χ2v) is 12.0. The lowest BCUT2D eigenvalue weighted by molar-refractivity contribution is 0.616. The van der Waals surface area contributed by atoms with Gasteiger partial charge in [-0.1, -0.05) is 133 Å². The van der Waals surface area contributed by atoms with E-state index in [2.05, 4.69) is 146 Å². The predicted octanol–water partition coefficient (Wildman–Crippen LogP) is 12.8. The Morgan fingerprint density at radius 3 is 1.76 bits per heavy atom. The molecule has 2 nitrogen and oxygen atoms in total. The van der Waals surface area contributed by atoms with E-state index in [9.17, 15) is 0 Å². The van der Waals surface area contributed by atoms with Gasteiger partial charge in [0.2, 0.25) is 0 Å². The van der Waals surface area contributed by atoms with Gasteiger partial charge in [-0.05, 0) is 67.2 Å². The van der Waals surface area contributed by atoms with Crippen LogP contribution in [0.5, 0.6) is 0 Å². The maximum absolute atomic E-state index is 6.97. The highest BCUT2D eigenvalue weighted by Crippen LogP contribution is 2.48. The van der Waals surface area contributed by atoms with E-state index >= 15 is 0 Å². The summed E-state index contributed by atoms with van der Waals surface area (Å²) in [6, 6.07) is 54.1. The van der Waals surface area contributed by atoms with E-state index in [-0.39, 0.29) is 0 Å². The molecule has 8 aromatic carbocycles. The summed E-state index contributed by atoms with van der Waals surface area (Å²) in [7, 11) is 0. The highest BCUT2D eigenvalue weighted by atomic mass is 16.3. The zero-order valence-corrected chi connectivity index (χ0v) is 24.8. The first-order valence-corrected chi connectivity index (χ1v) is 15.7. The van der Waals surface area contributed by atoms with Gasteiger partial charge in [0.25, 0.3) is 0 Å². The molecule has 10 aromatic rings. The van der Waals surface area contributed by atoms with Crippen molar-refractivity contribution in [1.29, 1.82) is 0 Å². The quantitative estimate of drug-likeness (QED) is 0.193. The minimum absolute atomic E-state index is 0.822. The molecule has 0 saturated carbocycles. The molecule has 0 amide bonds. The van der Waals surface area contributed by atoms with E-state index in [0.29, 0.717) is 0 Å². The van der Waals surface area contributed by atoms with Crippen molar-refractivity contribution in [3.05, 3.63) is 158 Å². The molecule has 214 valence electrons. The van der Waals surface area contributed by atoms with Crippen LogP contribution in [0.4, 0.5) is 0 Å². The van der Waals surface area contributed by atoms with Gasteiger partial charge in [-0.15, -0.1) is 0 Å². The molecule has 2 aromatic heterocycles. The van der Waals surface area contributed by atoms with Gasteiger partial charge in [0, 0.05) is 27.5 Å². The molecule has 0 N–H and O–H groups in total. The molecule has 0 radical (unpaired) electrons. The molecule has 0 unspecified atom stereocenters. The minimum Gasteiger partial charge on any atom is -0.464 e. The van der Waals surface area contributed by atoms with Crippen LogP contribution in [-0.4, -0.2) is 0 Å². The van der Waals surface area contributed by atoms with E-state index < -0.39 is 0 Å². The van der Waals surface area contributed by atoms with Crippen molar-refractivity contribution in [3.63, 3.8) is 0 Å². The Hall–Kier alpha value is -6.12. The largest absolute Gasteiger partial charge is 0.464 e. The second-order valence-electron chi connectivity index (χ2n) is 12.0. The molecular formula is C44H26O2. The molecule has 10 rings (SSSR count). The number of hydrogen-bond acceptors (Lipinski definition) is 2. The summed E-state index contributed by atoms with van der Waals surface area (Å²) in [6.07, 6.45) is 1.85. The summed E-state index contributed by atoms with van der Waals surface area (Å²) < 4.78 is 13.0. The zero-order valence-electron chi connectivity index (χ0n) is 24.8. The van der Waals surface area contributed by atoms with Gasteiger partial charge in [0.1, 0.15) is 16.7 Å². The van der Waals surface area contributed by atoms with Crippen molar-refractivity contribution in [2.45, 2.75) is 0 Å². The summed E-state index contributed by atoms with van der Waals surface area (Å²) in [6.45, 7) is 0. The van der Waals surface area contributed by atoms with Crippen LogP contribution in [0.3, 0.4) is 0 Å². The highest BCUT2D eigenvalue weighted by molar-refractivity contribution is 6.26. The second kappa shape index (κ2) is 9.69. The Bertz CT molecular complexity index is 2740. The van der Waals surface area contributed by atoms with Crippen molar-refractivity contribution in [2.75, 3.05) is 0 Å². The van der Waals surface area contributed by atoms with Gasteiger partial charge in [0.05, 0.1) is 11.6 Å². The van der Waals surface area contributed by atoms with Gasteiger partial charge >= 0.3 is 0 Å². The third-order valence-corrected chi connectivity index (χ3v) is 9.53. The van der Waals surface area contributed by atoms with Crippen LogP contribution in [0.15, 0.2) is 167 Å². The zero-order chi connectivity index (χ0) is 30.2. The number of hydrogen-bond donors (Lipinski definition) is 0. The van der Waals surface area contributed by atoms with Crippen LogP contribution in [0.1, 0.15) is 0 Å². The standard InChI is InChI=1S/C44H26O2/c1-2-12-28(13-3-1)38-26-45-39-24-23-36-35-19-10-20-37(43(35)46-44(36)42(38)39)41-33-17-8-6-15-31(33)40(32-16-7-9-18-34(32)41)30-22-21-27-11-4-5-14-29(27)25-30/h1-26H. The van der Waals surface area contributed by atoms with Gasteiger partial charge in [-0.3, -0.25) is 0 Å². The predicted molar refractivity (Wildman–Crippen MR) is 192 cm³/mol. The molecule has 0 aliphatic rings. The summed E-state index contributed by atoms with van der Waals surface area (Å²) in [5.74, 6) is 0. The lowest BCUT2D eigenvalue weighted by atomic mass is 9.85. The monoisotopic (exact) mass is 586 g/mol. The number of rotatable bonds is 3. The summed E-state index contributed by atoms with van der Waals surface area (Å²) in [5.41, 5.74) is 9.46. The molecule has 0 fully saturated rings. The van der Waals surface area contributed by atoms with Crippen LogP contribution in [-0.2, 0) is 0 Å². The molecule has 0 spiro atoms. The van der Waals surface area contributed by atoms with E-state index in [1.165, 1.54) is 49.0 Å². The number of para-hydroxylation sites is 1. The minimum atomic E-state index is 0.822. The normalized spacial score (nSPS) is 11.9. The Kier molecular flexibility index (Phi) is 5.31. The fourth-order valence-electron chi connectivity index (χ4n) is 7.48. The summed E-state index contributed by atoms with van der Waals surface area (Å²) in [4.78, 5) is 0. The Morgan fingerprint density at radius 2 is 1.00 bits per heavy atom. The topological polar surface area (TPSA) is 26.3 Å². The molecule has 46 heavy (non-hydrogen) atoms. The van der Waals surface area contributed by atoms with Crippen LogP contribution in [0.2, 0.25) is 0 Å². The third-order valence-electron chi connectivity index (χ3n) is 9.53.